The fourth-order valence-corrected chi connectivity index (χ4v) is 6.03. The van der Waals surface area contributed by atoms with E-state index in [9.17, 15) is 4.79 Å². The Morgan fingerprint density at radius 2 is 2.21 bits per heavy atom. The van der Waals surface area contributed by atoms with E-state index in [0.29, 0.717) is 11.6 Å². The van der Waals surface area contributed by atoms with Gasteiger partial charge in [0.05, 0.1) is 28.7 Å². The van der Waals surface area contributed by atoms with E-state index < -0.39 is 5.54 Å². The molecule has 1 N–H and O–H groups in total. The van der Waals surface area contributed by atoms with Gasteiger partial charge in [0.2, 0.25) is 5.91 Å². The molecule has 0 radical (unpaired) electrons. The lowest BCUT2D eigenvalue weighted by Crippen LogP contribution is -2.53. The molecule has 1 aromatic heterocycles. The third-order valence-electron chi connectivity index (χ3n) is 7.41. The van der Waals surface area contributed by atoms with E-state index in [4.69, 9.17) is 23.2 Å². The maximum absolute atomic E-state index is 13.0. The number of nitrogens with one attached hydrogen (secondary N) is 1. The second-order valence-corrected chi connectivity index (χ2v) is 10.6. The number of benzene rings is 1. The first-order valence-corrected chi connectivity index (χ1v) is 12.6. The lowest BCUT2D eigenvalue weighted by Gasteiger charge is -2.34. The summed E-state index contributed by atoms with van der Waals surface area (Å²) in [5, 5.41) is 9.71. The van der Waals surface area contributed by atoms with Crippen LogP contribution in [0.25, 0.3) is 16.5 Å². The summed E-state index contributed by atoms with van der Waals surface area (Å²) in [5.74, 6) is 0.336. The van der Waals surface area contributed by atoms with Crippen molar-refractivity contribution in [2.24, 2.45) is 5.92 Å². The number of hydrogen-bond acceptors (Lipinski definition) is 3. The summed E-state index contributed by atoms with van der Waals surface area (Å²) in [7, 11) is 0. The number of amides is 1. The van der Waals surface area contributed by atoms with Crippen molar-refractivity contribution in [1.82, 2.24) is 20.0 Å². The maximum Gasteiger partial charge on any atom is 0.242 e. The number of rotatable bonds is 4. The lowest BCUT2D eigenvalue weighted by molar-refractivity contribution is -0.136. The van der Waals surface area contributed by atoms with E-state index in [1.54, 1.807) is 0 Å². The molecule has 5 rings (SSSR count). The van der Waals surface area contributed by atoms with Gasteiger partial charge < -0.3 is 10.2 Å². The summed E-state index contributed by atoms with van der Waals surface area (Å²) in [5.41, 5.74) is 3.17. The highest BCUT2D eigenvalue weighted by Crippen LogP contribution is 2.35. The zero-order chi connectivity index (χ0) is 23.2. The number of aromatic nitrogens is 2. The predicted octanol–water partition coefficient (Wildman–Crippen LogP) is 5.27. The van der Waals surface area contributed by atoms with Crippen molar-refractivity contribution in [3.8, 4) is 0 Å². The molecule has 3 aliphatic rings. The van der Waals surface area contributed by atoms with E-state index in [-0.39, 0.29) is 23.2 Å². The first-order valence-electron chi connectivity index (χ1n) is 11.8. The van der Waals surface area contributed by atoms with Crippen LogP contribution in [0, 0.1) is 5.92 Å². The number of carbonyl (C=O) groups excluding carboxylic acids is 1. The third-order valence-corrected chi connectivity index (χ3v) is 8.08. The molecule has 1 saturated heterocycles. The van der Waals surface area contributed by atoms with Crippen molar-refractivity contribution in [2.45, 2.75) is 50.1 Å². The molecule has 5 nitrogen and oxygen atoms in total. The Kier molecular flexibility index (Phi) is 6.15. The van der Waals surface area contributed by atoms with Gasteiger partial charge in [-0.25, -0.2) is 0 Å². The molecule has 1 amide bonds. The van der Waals surface area contributed by atoms with Gasteiger partial charge in [0.25, 0.3) is 0 Å². The maximum atomic E-state index is 13.0. The average Bonchev–Trinajstić information content (AvgIpc) is 3.45. The van der Waals surface area contributed by atoms with Crippen LogP contribution in [-0.2, 0) is 4.79 Å². The molecule has 4 atom stereocenters. The van der Waals surface area contributed by atoms with Crippen LogP contribution in [0.1, 0.15) is 44.7 Å². The first-order chi connectivity index (χ1) is 15.9. The average molecular weight is 485 g/mol. The topological polar surface area (TPSA) is 50.2 Å². The third kappa shape index (κ3) is 4.27. The van der Waals surface area contributed by atoms with Crippen molar-refractivity contribution >= 4 is 45.6 Å². The van der Waals surface area contributed by atoms with Gasteiger partial charge >= 0.3 is 0 Å². The Hall–Kier alpha value is -2.08. The van der Waals surface area contributed by atoms with Crippen molar-refractivity contribution in [2.75, 3.05) is 19.6 Å². The van der Waals surface area contributed by atoms with Crippen LogP contribution in [0.5, 0.6) is 0 Å². The van der Waals surface area contributed by atoms with Gasteiger partial charge in [-0.2, -0.15) is 5.10 Å². The normalized spacial score (nSPS) is 28.7. The van der Waals surface area contributed by atoms with Crippen molar-refractivity contribution in [3.05, 3.63) is 59.3 Å². The van der Waals surface area contributed by atoms with Gasteiger partial charge in [0, 0.05) is 29.4 Å². The Bertz CT molecular complexity index is 1160. The van der Waals surface area contributed by atoms with Gasteiger partial charge in [0.1, 0.15) is 0 Å². The molecule has 1 fully saturated rings. The number of nitrogens with zero attached hydrogens (tertiary/aromatic N) is 3. The quantitative estimate of drug-likeness (QED) is 0.601. The minimum Gasteiger partial charge on any atom is -0.337 e. The number of halogens is 2. The van der Waals surface area contributed by atoms with Crippen LogP contribution < -0.4 is 5.32 Å². The summed E-state index contributed by atoms with van der Waals surface area (Å²) in [4.78, 5) is 15.0. The first kappa shape index (κ1) is 22.7. The SMILES string of the molecule is CC(C1C=CC(Cl)=CC1Cl)n1ncc2ccc(C3=CCN(C(=O)C4(C)CCCN4)CC3)cc21. The summed E-state index contributed by atoms with van der Waals surface area (Å²) in [6.45, 7) is 6.52. The highest BCUT2D eigenvalue weighted by atomic mass is 35.5. The second kappa shape index (κ2) is 8.94. The summed E-state index contributed by atoms with van der Waals surface area (Å²) >= 11 is 12.7. The van der Waals surface area contributed by atoms with Gasteiger partial charge in [-0.05, 0) is 69.0 Å². The molecular weight excluding hydrogens is 455 g/mol. The number of alkyl halides is 1. The van der Waals surface area contributed by atoms with Crippen LogP contribution in [0.2, 0.25) is 0 Å². The molecule has 2 aliphatic heterocycles. The van der Waals surface area contributed by atoms with Gasteiger partial charge in [-0.3, -0.25) is 9.48 Å². The van der Waals surface area contributed by atoms with E-state index >= 15 is 0 Å². The number of carbonyl (C=O) groups is 1. The summed E-state index contributed by atoms with van der Waals surface area (Å²) in [6.07, 6.45) is 12.8. The van der Waals surface area contributed by atoms with E-state index in [1.807, 2.05) is 30.2 Å². The Morgan fingerprint density at radius 3 is 2.91 bits per heavy atom. The van der Waals surface area contributed by atoms with Crippen LogP contribution >= 0.6 is 23.2 Å². The van der Waals surface area contributed by atoms with Crippen LogP contribution in [0.15, 0.2) is 53.7 Å². The largest absolute Gasteiger partial charge is 0.337 e. The Balaban J connectivity index is 1.36. The molecular formula is C26H30Cl2N4O. The van der Waals surface area contributed by atoms with Crippen LogP contribution in [0.3, 0.4) is 0 Å². The smallest absolute Gasteiger partial charge is 0.242 e. The highest BCUT2D eigenvalue weighted by Gasteiger charge is 2.39. The number of hydrogen-bond donors (Lipinski definition) is 1. The lowest BCUT2D eigenvalue weighted by atomic mass is 9.93. The van der Waals surface area contributed by atoms with Crippen LogP contribution in [-0.4, -0.2) is 51.1 Å². The van der Waals surface area contributed by atoms with Crippen molar-refractivity contribution < 1.29 is 4.79 Å². The highest BCUT2D eigenvalue weighted by molar-refractivity contribution is 6.32. The van der Waals surface area contributed by atoms with E-state index in [1.165, 1.54) is 11.1 Å². The van der Waals surface area contributed by atoms with E-state index in [0.717, 1.165) is 43.3 Å². The Labute approximate surface area is 205 Å². The number of fused-ring (bicyclic) bond motifs is 1. The molecule has 0 saturated carbocycles. The molecule has 33 heavy (non-hydrogen) atoms. The fraction of sp³-hybridized carbons (Fsp3) is 0.462. The van der Waals surface area contributed by atoms with Gasteiger partial charge in [-0.15, -0.1) is 11.6 Å². The second-order valence-electron chi connectivity index (χ2n) is 9.63. The minimum absolute atomic E-state index is 0.0885. The Morgan fingerprint density at radius 1 is 1.36 bits per heavy atom. The zero-order valence-corrected chi connectivity index (χ0v) is 20.6. The molecule has 0 bridgehead atoms. The molecule has 7 heteroatoms. The van der Waals surface area contributed by atoms with E-state index in [2.05, 4.69) is 52.4 Å². The monoisotopic (exact) mass is 484 g/mol. The fourth-order valence-electron chi connectivity index (χ4n) is 5.32. The van der Waals surface area contributed by atoms with Crippen LogP contribution in [0.4, 0.5) is 0 Å². The van der Waals surface area contributed by atoms with Gasteiger partial charge in [0.15, 0.2) is 0 Å². The number of allylic oxidation sites excluding steroid dienone is 4. The van der Waals surface area contributed by atoms with Crippen molar-refractivity contribution in [3.63, 3.8) is 0 Å². The molecule has 174 valence electrons. The minimum atomic E-state index is -0.403. The molecule has 1 aliphatic carbocycles. The molecule has 0 spiro atoms. The molecule has 3 heterocycles. The summed E-state index contributed by atoms with van der Waals surface area (Å²) < 4.78 is 2.07. The predicted molar refractivity (Wildman–Crippen MR) is 135 cm³/mol. The molecule has 2 aromatic rings. The molecule has 4 unspecified atom stereocenters. The van der Waals surface area contributed by atoms with Gasteiger partial charge in [-0.1, -0.05) is 35.9 Å². The standard InChI is InChI=1S/C26H30Cl2N4O/c1-17(22-7-6-21(27)15-23(22)28)32-24-14-19(4-5-20(24)16-30-32)18-8-12-31(13-9-18)25(33)26(2)10-3-11-29-26/h4-8,14-17,22-23,29H,3,9-13H2,1-2H3. The molecule has 1 aromatic carbocycles. The summed E-state index contributed by atoms with van der Waals surface area (Å²) in [6, 6.07) is 6.61. The zero-order valence-electron chi connectivity index (χ0n) is 19.1. The van der Waals surface area contributed by atoms with Crippen molar-refractivity contribution in [1.29, 1.82) is 0 Å².